The van der Waals surface area contributed by atoms with Gasteiger partial charge in [0, 0.05) is 57.3 Å². The van der Waals surface area contributed by atoms with Crippen molar-refractivity contribution in [2.24, 2.45) is 10.4 Å². The maximum atomic E-state index is 11.7. The van der Waals surface area contributed by atoms with Gasteiger partial charge in [-0.2, -0.15) is 0 Å². The second-order valence-electron chi connectivity index (χ2n) is 8.41. The highest BCUT2D eigenvalue weighted by Crippen LogP contribution is 2.36. The third kappa shape index (κ3) is 4.39. The van der Waals surface area contributed by atoms with Crippen LogP contribution in [0.5, 0.6) is 5.88 Å². The molecule has 0 bridgehead atoms. The van der Waals surface area contributed by atoms with E-state index in [1.54, 1.807) is 0 Å². The van der Waals surface area contributed by atoms with Crippen LogP contribution in [0.15, 0.2) is 23.3 Å². The summed E-state index contributed by atoms with van der Waals surface area (Å²) in [5, 5.41) is 6.46. The Bertz CT molecular complexity index is 714. The number of hydrogen-bond acceptors (Lipinski definition) is 4. The minimum absolute atomic E-state index is 0.0632. The largest absolute Gasteiger partial charge is 0.474 e. The lowest BCUT2D eigenvalue weighted by molar-refractivity contribution is -0.119. The quantitative estimate of drug-likeness (QED) is 0.613. The van der Waals surface area contributed by atoms with E-state index in [1.807, 2.05) is 19.3 Å². The van der Waals surface area contributed by atoms with Gasteiger partial charge in [-0.25, -0.2) is 4.98 Å². The summed E-state index contributed by atoms with van der Waals surface area (Å²) in [6, 6.07) is 4.03. The Kier molecular flexibility index (Phi) is 5.69. The molecule has 0 radical (unpaired) electrons. The molecule has 4 rings (SSSR count). The lowest BCUT2D eigenvalue weighted by atomic mass is 9.79. The molecule has 1 amide bonds. The number of ether oxygens (including phenoxy) is 1. The number of aromatic nitrogens is 1. The van der Waals surface area contributed by atoms with E-state index in [0.29, 0.717) is 19.1 Å². The second kappa shape index (κ2) is 8.37. The monoisotopic (exact) mass is 385 g/mol. The topological polar surface area (TPSA) is 78.9 Å². The lowest BCUT2D eigenvalue weighted by Crippen LogP contribution is -2.51. The Morgan fingerprint density at radius 1 is 1.39 bits per heavy atom. The van der Waals surface area contributed by atoms with Gasteiger partial charge in [-0.1, -0.05) is 6.07 Å². The number of hydrogen-bond donors (Lipinski definition) is 2. The second-order valence-corrected chi connectivity index (χ2v) is 8.41. The SMILES string of the molecule is CN=C(NCc1ccc(OC2CCCC2)nc1)N1CCCC2(CNC(=O)C2)C1. The summed E-state index contributed by atoms with van der Waals surface area (Å²) in [6.07, 6.45) is 9.82. The van der Waals surface area contributed by atoms with Gasteiger partial charge in [-0.05, 0) is 44.1 Å². The van der Waals surface area contributed by atoms with Gasteiger partial charge in [-0.15, -0.1) is 0 Å². The van der Waals surface area contributed by atoms with Crippen LogP contribution in [0.4, 0.5) is 0 Å². The Morgan fingerprint density at radius 3 is 2.93 bits per heavy atom. The molecule has 3 fully saturated rings. The normalized spacial score (nSPS) is 26.0. The average molecular weight is 386 g/mol. The van der Waals surface area contributed by atoms with Gasteiger partial charge < -0.3 is 20.3 Å². The van der Waals surface area contributed by atoms with Crippen LogP contribution in [0, 0.1) is 5.41 Å². The molecule has 1 unspecified atom stereocenters. The number of pyridine rings is 1. The number of carbonyl (C=O) groups excluding carboxylic acids is 1. The van der Waals surface area contributed by atoms with E-state index in [0.717, 1.165) is 62.7 Å². The van der Waals surface area contributed by atoms with Gasteiger partial charge in [0.1, 0.15) is 6.10 Å². The Balaban J connectivity index is 1.31. The first-order valence-electron chi connectivity index (χ1n) is 10.5. The van der Waals surface area contributed by atoms with E-state index in [2.05, 4.69) is 31.6 Å². The molecule has 1 aromatic rings. The molecule has 2 aliphatic heterocycles. The smallest absolute Gasteiger partial charge is 0.220 e. The first-order chi connectivity index (χ1) is 13.7. The van der Waals surface area contributed by atoms with Crippen molar-refractivity contribution in [2.75, 3.05) is 26.7 Å². The molecular formula is C21H31N5O2. The van der Waals surface area contributed by atoms with Crippen LogP contribution in [0.1, 0.15) is 50.5 Å². The summed E-state index contributed by atoms with van der Waals surface area (Å²) in [4.78, 5) is 22.9. The number of guanidine groups is 1. The van der Waals surface area contributed by atoms with E-state index in [9.17, 15) is 4.79 Å². The minimum atomic E-state index is 0.0632. The van der Waals surface area contributed by atoms with Crippen LogP contribution in [-0.2, 0) is 11.3 Å². The van der Waals surface area contributed by atoms with Gasteiger partial charge in [0.25, 0.3) is 0 Å². The molecule has 2 saturated heterocycles. The molecule has 1 saturated carbocycles. The van der Waals surface area contributed by atoms with Crippen molar-refractivity contribution in [1.29, 1.82) is 0 Å². The van der Waals surface area contributed by atoms with Gasteiger partial charge in [0.2, 0.25) is 11.8 Å². The van der Waals surface area contributed by atoms with Gasteiger partial charge in [0.15, 0.2) is 5.96 Å². The molecule has 152 valence electrons. The zero-order valence-electron chi connectivity index (χ0n) is 16.7. The summed E-state index contributed by atoms with van der Waals surface area (Å²) in [5.41, 5.74) is 1.16. The highest BCUT2D eigenvalue weighted by atomic mass is 16.5. The molecule has 7 heteroatoms. The van der Waals surface area contributed by atoms with Crippen LogP contribution in [0.25, 0.3) is 0 Å². The zero-order chi connectivity index (χ0) is 19.4. The predicted molar refractivity (Wildman–Crippen MR) is 108 cm³/mol. The van der Waals surface area contributed by atoms with Crippen LogP contribution in [-0.4, -0.2) is 54.5 Å². The molecule has 3 aliphatic rings. The molecule has 3 heterocycles. The van der Waals surface area contributed by atoms with E-state index in [1.165, 1.54) is 12.8 Å². The first kappa shape index (κ1) is 19.0. The van der Waals surface area contributed by atoms with Crippen LogP contribution >= 0.6 is 0 Å². The highest BCUT2D eigenvalue weighted by Gasteiger charge is 2.42. The fourth-order valence-electron chi connectivity index (χ4n) is 4.70. The molecule has 2 N–H and O–H groups in total. The molecular weight excluding hydrogens is 354 g/mol. The lowest BCUT2D eigenvalue weighted by Gasteiger charge is -2.40. The van der Waals surface area contributed by atoms with Gasteiger partial charge >= 0.3 is 0 Å². The fraction of sp³-hybridized carbons (Fsp3) is 0.667. The van der Waals surface area contributed by atoms with Crippen molar-refractivity contribution in [1.82, 2.24) is 20.5 Å². The minimum Gasteiger partial charge on any atom is -0.474 e. The zero-order valence-corrected chi connectivity index (χ0v) is 16.7. The molecule has 28 heavy (non-hydrogen) atoms. The number of aliphatic imine (C=N–C) groups is 1. The van der Waals surface area contributed by atoms with E-state index < -0.39 is 0 Å². The number of piperidine rings is 1. The standard InChI is InChI=1S/C21H31N5O2/c1-22-20(26-10-4-9-21(15-26)11-18(27)25-14-21)24-13-16-7-8-19(23-12-16)28-17-5-2-3-6-17/h7-8,12,17H,2-6,9-11,13-15H2,1H3,(H,22,24)(H,25,27). The fourth-order valence-corrected chi connectivity index (χ4v) is 4.70. The predicted octanol–water partition coefficient (Wildman–Crippen LogP) is 2.08. The first-order valence-corrected chi connectivity index (χ1v) is 10.5. The summed E-state index contributed by atoms with van der Waals surface area (Å²) >= 11 is 0. The number of nitrogens with zero attached hydrogens (tertiary/aromatic N) is 3. The maximum absolute atomic E-state index is 11.7. The molecule has 0 aromatic carbocycles. The van der Waals surface area contributed by atoms with Crippen molar-refractivity contribution < 1.29 is 9.53 Å². The van der Waals surface area contributed by atoms with Crippen molar-refractivity contribution in [2.45, 2.75) is 57.6 Å². The Hall–Kier alpha value is -2.31. The summed E-state index contributed by atoms with van der Waals surface area (Å²) in [7, 11) is 1.82. The molecule has 1 spiro atoms. The van der Waals surface area contributed by atoms with Crippen LogP contribution in [0.3, 0.4) is 0 Å². The summed E-state index contributed by atoms with van der Waals surface area (Å²) < 4.78 is 5.94. The molecule has 1 atom stereocenters. The molecule has 7 nitrogen and oxygen atoms in total. The van der Waals surface area contributed by atoms with E-state index in [-0.39, 0.29) is 11.3 Å². The van der Waals surface area contributed by atoms with Crippen molar-refractivity contribution >= 4 is 11.9 Å². The van der Waals surface area contributed by atoms with Crippen LogP contribution < -0.4 is 15.4 Å². The van der Waals surface area contributed by atoms with Crippen molar-refractivity contribution in [3.63, 3.8) is 0 Å². The summed E-state index contributed by atoms with van der Waals surface area (Å²) in [5.74, 6) is 1.79. The number of amides is 1. The third-order valence-electron chi connectivity index (χ3n) is 6.21. The average Bonchev–Trinajstić information content (AvgIpc) is 3.34. The molecule has 1 aliphatic carbocycles. The van der Waals surface area contributed by atoms with Gasteiger partial charge in [-0.3, -0.25) is 9.79 Å². The maximum Gasteiger partial charge on any atom is 0.220 e. The van der Waals surface area contributed by atoms with Crippen molar-refractivity contribution in [3.05, 3.63) is 23.9 Å². The summed E-state index contributed by atoms with van der Waals surface area (Å²) in [6.45, 7) is 3.30. The molecule has 1 aromatic heterocycles. The number of nitrogens with one attached hydrogen (secondary N) is 2. The Morgan fingerprint density at radius 2 is 2.25 bits per heavy atom. The Labute approximate surface area is 167 Å². The van der Waals surface area contributed by atoms with E-state index in [4.69, 9.17) is 4.74 Å². The number of carbonyl (C=O) groups is 1. The van der Waals surface area contributed by atoms with E-state index >= 15 is 0 Å². The van der Waals surface area contributed by atoms with Gasteiger partial charge in [0.05, 0.1) is 0 Å². The van der Waals surface area contributed by atoms with Crippen LogP contribution in [0.2, 0.25) is 0 Å². The third-order valence-corrected chi connectivity index (χ3v) is 6.21. The van der Waals surface area contributed by atoms with Crippen molar-refractivity contribution in [3.8, 4) is 5.88 Å². The number of rotatable bonds is 4. The highest BCUT2D eigenvalue weighted by molar-refractivity contribution is 5.81. The number of likely N-dealkylation sites (tertiary alicyclic amines) is 1.